The van der Waals surface area contributed by atoms with Crippen molar-refractivity contribution in [2.24, 2.45) is 5.92 Å². The summed E-state index contributed by atoms with van der Waals surface area (Å²) in [5.41, 5.74) is 1.04. The molecule has 0 aliphatic carbocycles. The maximum absolute atomic E-state index is 13.3. The Morgan fingerprint density at radius 1 is 1.00 bits per heavy atom. The second-order valence-electron chi connectivity index (χ2n) is 7.40. The van der Waals surface area contributed by atoms with E-state index in [0.717, 1.165) is 31.2 Å². The minimum atomic E-state index is -3.58. The molecule has 1 aromatic rings. The third-order valence-corrected chi connectivity index (χ3v) is 6.76. The summed E-state index contributed by atoms with van der Waals surface area (Å²) in [7, 11) is -3.58. The third-order valence-electron chi connectivity index (χ3n) is 4.85. The molecule has 0 spiro atoms. The van der Waals surface area contributed by atoms with E-state index in [0.29, 0.717) is 16.4 Å². The first-order chi connectivity index (χ1) is 13.5. The highest BCUT2D eigenvalue weighted by atomic mass is 32.2. The van der Waals surface area contributed by atoms with Gasteiger partial charge >= 0.3 is 0 Å². The Morgan fingerprint density at radius 3 is 2.25 bits per heavy atom. The molecule has 28 heavy (non-hydrogen) atoms. The summed E-state index contributed by atoms with van der Waals surface area (Å²) in [6.45, 7) is 8.73. The van der Waals surface area contributed by atoms with Gasteiger partial charge in [0.2, 0.25) is 9.84 Å². The van der Waals surface area contributed by atoms with Crippen LogP contribution < -0.4 is 0 Å². The number of rotatable bonds is 14. The zero-order valence-corrected chi connectivity index (χ0v) is 18.9. The van der Waals surface area contributed by atoms with E-state index in [-0.39, 0.29) is 5.92 Å². The summed E-state index contributed by atoms with van der Waals surface area (Å²) < 4.78 is 32.3. The first-order valence-corrected chi connectivity index (χ1v) is 12.2. The lowest BCUT2D eigenvalue weighted by Gasteiger charge is -2.17. The van der Waals surface area contributed by atoms with Gasteiger partial charge in [-0.05, 0) is 38.8 Å². The van der Waals surface area contributed by atoms with Gasteiger partial charge in [0, 0.05) is 5.92 Å². The van der Waals surface area contributed by atoms with E-state index < -0.39 is 9.84 Å². The van der Waals surface area contributed by atoms with Gasteiger partial charge in [0.05, 0.1) is 22.7 Å². The molecule has 1 rings (SSSR count). The van der Waals surface area contributed by atoms with Crippen LogP contribution in [0.15, 0.2) is 52.5 Å². The van der Waals surface area contributed by atoms with Crippen molar-refractivity contribution in [1.82, 2.24) is 0 Å². The van der Waals surface area contributed by atoms with Crippen LogP contribution in [0.25, 0.3) is 0 Å². The van der Waals surface area contributed by atoms with E-state index in [9.17, 15) is 8.42 Å². The number of allylic oxidation sites excluding steroid dienone is 3. The topological polar surface area (TPSA) is 43.4 Å². The quantitative estimate of drug-likeness (QED) is 0.190. The van der Waals surface area contributed by atoms with Gasteiger partial charge in [-0.3, -0.25) is 0 Å². The van der Waals surface area contributed by atoms with Gasteiger partial charge in [0.15, 0.2) is 0 Å². The lowest BCUT2D eigenvalue weighted by atomic mass is 10.0. The van der Waals surface area contributed by atoms with Gasteiger partial charge in [-0.15, -0.1) is 0 Å². The van der Waals surface area contributed by atoms with E-state index in [1.807, 2.05) is 38.1 Å². The van der Waals surface area contributed by atoms with Crippen LogP contribution in [0.2, 0.25) is 0 Å². The summed E-state index contributed by atoms with van der Waals surface area (Å²) >= 11 is 0. The second kappa shape index (κ2) is 13.6. The van der Waals surface area contributed by atoms with E-state index in [1.54, 1.807) is 12.1 Å². The van der Waals surface area contributed by atoms with E-state index in [2.05, 4.69) is 13.8 Å². The van der Waals surface area contributed by atoms with E-state index in [4.69, 9.17) is 4.74 Å². The van der Waals surface area contributed by atoms with Crippen LogP contribution in [0.1, 0.15) is 77.7 Å². The summed E-state index contributed by atoms with van der Waals surface area (Å²) in [4.78, 5) is 0.695. The molecule has 0 radical (unpaired) electrons. The Bertz CT molecular complexity index is 700. The molecule has 3 nitrogen and oxygen atoms in total. The molecule has 1 atom stereocenters. The van der Waals surface area contributed by atoms with Crippen LogP contribution in [0.3, 0.4) is 0 Å². The summed E-state index contributed by atoms with van der Waals surface area (Å²) in [6, 6.07) is 7.05. The van der Waals surface area contributed by atoms with Crippen LogP contribution in [0, 0.1) is 12.8 Å². The zero-order chi connectivity index (χ0) is 20.8. The Hall–Kier alpha value is -1.55. The molecular formula is C24H38O3S. The van der Waals surface area contributed by atoms with Crippen LogP contribution >= 0.6 is 0 Å². The zero-order valence-electron chi connectivity index (χ0n) is 18.1. The average Bonchev–Trinajstić information content (AvgIpc) is 2.67. The van der Waals surface area contributed by atoms with Crippen molar-refractivity contribution in [3.63, 3.8) is 0 Å². The molecular weight excluding hydrogens is 368 g/mol. The fourth-order valence-electron chi connectivity index (χ4n) is 3.19. The fraction of sp³-hybridized carbons (Fsp3) is 0.583. The summed E-state index contributed by atoms with van der Waals surface area (Å²) in [6.07, 6.45) is 14.2. The first kappa shape index (κ1) is 24.5. The molecule has 0 amide bonds. The molecule has 1 aromatic carbocycles. The van der Waals surface area contributed by atoms with Crippen molar-refractivity contribution in [3.05, 3.63) is 53.1 Å². The number of sulfone groups is 1. The number of hydrogen-bond acceptors (Lipinski definition) is 3. The molecule has 0 aromatic heterocycles. The van der Waals surface area contributed by atoms with Crippen molar-refractivity contribution in [1.29, 1.82) is 0 Å². The number of benzene rings is 1. The molecule has 158 valence electrons. The number of hydrogen-bond donors (Lipinski definition) is 0. The maximum atomic E-state index is 13.3. The normalized spacial score (nSPS) is 13.8. The van der Waals surface area contributed by atoms with Gasteiger partial charge in [-0.1, -0.05) is 82.2 Å². The molecule has 0 N–H and O–H groups in total. The largest absolute Gasteiger partial charge is 0.500 e. The molecule has 1 unspecified atom stereocenters. The average molecular weight is 407 g/mol. The molecule has 0 fully saturated rings. The van der Waals surface area contributed by atoms with Crippen LogP contribution in [0.4, 0.5) is 0 Å². The molecule has 0 heterocycles. The number of unbranched alkanes of at least 4 members (excludes halogenated alkanes) is 5. The van der Waals surface area contributed by atoms with Crippen LogP contribution in [-0.2, 0) is 14.6 Å². The number of aryl methyl sites for hydroxylation is 1. The number of ether oxygens (including phenoxy) is 1. The second-order valence-corrected chi connectivity index (χ2v) is 9.35. The van der Waals surface area contributed by atoms with Gasteiger partial charge in [0.1, 0.15) is 0 Å². The van der Waals surface area contributed by atoms with Crippen LogP contribution in [-0.4, -0.2) is 15.0 Å². The predicted molar refractivity (Wildman–Crippen MR) is 119 cm³/mol. The van der Waals surface area contributed by atoms with Crippen LogP contribution in [0.5, 0.6) is 0 Å². The lowest BCUT2D eigenvalue weighted by Crippen LogP contribution is -2.14. The molecule has 4 heteroatoms. The molecule has 0 aliphatic rings. The Labute approximate surface area is 172 Å². The first-order valence-electron chi connectivity index (χ1n) is 10.7. The smallest absolute Gasteiger partial charge is 0.206 e. The van der Waals surface area contributed by atoms with Gasteiger partial charge < -0.3 is 4.74 Å². The minimum absolute atomic E-state index is 0.161. The van der Waals surface area contributed by atoms with Gasteiger partial charge in [-0.25, -0.2) is 8.42 Å². The van der Waals surface area contributed by atoms with Crippen molar-refractivity contribution < 1.29 is 13.2 Å². The monoisotopic (exact) mass is 406 g/mol. The highest BCUT2D eigenvalue weighted by molar-refractivity contribution is 7.95. The van der Waals surface area contributed by atoms with Crippen molar-refractivity contribution >= 4 is 9.84 Å². The third kappa shape index (κ3) is 8.22. The molecule has 0 bridgehead atoms. The van der Waals surface area contributed by atoms with Gasteiger partial charge in [0.25, 0.3) is 0 Å². The Morgan fingerprint density at radius 2 is 1.64 bits per heavy atom. The summed E-state index contributed by atoms with van der Waals surface area (Å²) in [5, 5.41) is 0. The fourth-order valence-corrected chi connectivity index (χ4v) is 4.74. The standard InChI is InChI=1S/C24H38O3S/c1-5-8-9-10-11-12-19-27-20-24(22(13-6-2)14-7-3)28(25,26)23-17-15-21(4)16-18-23/h6,13,15-18,20,22H,5,7-12,14,19H2,1-4H3/b13-6+,24-20+. The molecule has 0 saturated carbocycles. The molecule has 0 saturated heterocycles. The Balaban J connectivity index is 2.94. The Kier molecular flexibility index (Phi) is 11.9. The molecule has 0 aliphatic heterocycles. The van der Waals surface area contributed by atoms with Crippen molar-refractivity contribution in [2.45, 2.75) is 84.0 Å². The highest BCUT2D eigenvalue weighted by Crippen LogP contribution is 2.30. The highest BCUT2D eigenvalue weighted by Gasteiger charge is 2.27. The SMILES string of the molecule is C/C=C/C(CCC)/C(=C\OCCCCCCCC)S(=O)(=O)c1ccc(C)cc1. The van der Waals surface area contributed by atoms with Gasteiger partial charge in [-0.2, -0.15) is 0 Å². The summed E-state index contributed by atoms with van der Waals surface area (Å²) in [5.74, 6) is -0.161. The van der Waals surface area contributed by atoms with Crippen molar-refractivity contribution in [3.8, 4) is 0 Å². The predicted octanol–water partition coefficient (Wildman–Crippen LogP) is 6.98. The van der Waals surface area contributed by atoms with E-state index in [1.165, 1.54) is 31.9 Å². The minimum Gasteiger partial charge on any atom is -0.500 e. The van der Waals surface area contributed by atoms with E-state index >= 15 is 0 Å². The van der Waals surface area contributed by atoms with Crippen molar-refractivity contribution in [2.75, 3.05) is 6.61 Å². The maximum Gasteiger partial charge on any atom is 0.206 e. The lowest BCUT2D eigenvalue weighted by molar-refractivity contribution is 0.237.